The summed E-state index contributed by atoms with van der Waals surface area (Å²) in [6.45, 7) is 0.351. The van der Waals surface area contributed by atoms with Crippen molar-refractivity contribution < 1.29 is 49.6 Å². The van der Waals surface area contributed by atoms with Crippen LogP contribution >= 0.6 is 22.7 Å². The third-order valence-electron chi connectivity index (χ3n) is 7.69. The number of morpholine rings is 1. The van der Waals surface area contributed by atoms with E-state index in [1.165, 1.54) is 34.8 Å². The Morgan fingerprint density at radius 3 is 2.26 bits per heavy atom. The average Bonchev–Trinajstić information content (AvgIpc) is 3.16. The second kappa shape index (κ2) is 9.00. The van der Waals surface area contributed by atoms with Crippen LogP contribution < -0.4 is 17.0 Å². The lowest BCUT2D eigenvalue weighted by atomic mass is 9.93. The Morgan fingerprint density at radius 1 is 1.11 bits per heavy atom. The molecule has 0 saturated carbocycles. The van der Waals surface area contributed by atoms with Gasteiger partial charge in [-0.3, -0.25) is 0 Å². The number of carbonyl (C=O) groups is 1. The molecule has 186 valence electrons. The minimum atomic E-state index is -1.85. The van der Waals surface area contributed by atoms with Crippen molar-refractivity contribution >= 4 is 28.6 Å². The van der Waals surface area contributed by atoms with Gasteiger partial charge in [-0.1, -0.05) is 12.1 Å². The first kappa shape index (κ1) is 25.0. The molecule has 4 atom stereocenters. The number of hydrogen-bond donors (Lipinski definition) is 1. The van der Waals surface area contributed by atoms with E-state index in [-0.39, 0.29) is 47.4 Å². The maximum atomic E-state index is 14.4. The topological polar surface area (TPSA) is 59.1 Å². The van der Waals surface area contributed by atoms with Gasteiger partial charge in [-0.25, -0.2) is 13.6 Å². The van der Waals surface area contributed by atoms with Gasteiger partial charge in [0.15, 0.2) is 0 Å². The van der Waals surface area contributed by atoms with Gasteiger partial charge in [-0.05, 0) is 41.1 Å². The van der Waals surface area contributed by atoms with Crippen molar-refractivity contribution in [2.24, 2.45) is 0 Å². The molecule has 5 heterocycles. The summed E-state index contributed by atoms with van der Waals surface area (Å²) < 4.78 is 40.6. The quantitative estimate of drug-likeness (QED) is 0.269. The van der Waals surface area contributed by atoms with Crippen LogP contribution in [0, 0.1) is 11.6 Å². The molecule has 6 rings (SSSR count). The minimum Gasteiger partial charge on any atom is -1.00 e. The molecule has 10 heteroatoms. The highest BCUT2D eigenvalue weighted by atomic mass is 79.9. The molecule has 3 aliphatic rings. The number of aliphatic hydroxyl groups is 1. The van der Waals surface area contributed by atoms with Gasteiger partial charge in [-0.15, -0.1) is 22.7 Å². The molecule has 5 nitrogen and oxygen atoms in total. The van der Waals surface area contributed by atoms with E-state index in [2.05, 4.69) is 7.05 Å². The Labute approximate surface area is 220 Å². The van der Waals surface area contributed by atoms with Gasteiger partial charge in [0.1, 0.15) is 48.6 Å². The zero-order valence-electron chi connectivity index (χ0n) is 18.8. The first-order valence-corrected chi connectivity index (χ1v) is 13.0. The maximum Gasteiger partial charge on any atom is 0.349 e. The summed E-state index contributed by atoms with van der Waals surface area (Å²) in [5, 5.41) is 15.2. The predicted octanol–water partition coefficient (Wildman–Crippen LogP) is 1.20. The molecular weight excluding hydrogens is 560 g/mol. The van der Waals surface area contributed by atoms with E-state index in [9.17, 15) is 18.7 Å². The number of benzene rings is 1. The van der Waals surface area contributed by atoms with Crippen molar-refractivity contribution in [1.29, 1.82) is 0 Å². The van der Waals surface area contributed by atoms with Crippen LogP contribution in [0.2, 0.25) is 0 Å². The molecule has 1 N–H and O–H groups in total. The van der Waals surface area contributed by atoms with Gasteiger partial charge in [0.25, 0.3) is 0 Å². The standard InChI is InChI=1S/C25H24F2NO4S2.BrH/c1-28(13-14-10-15(26)6-7-17(14)27)18-11-16(12-19(28)23-22(18)32-23)31-24(29)25(30,20-4-2-8-33-20)21-5-3-9-34-21;/h2-10,16,18-19,22-23,30H,11-13H2,1H3;1H/q+1;/p-1. The van der Waals surface area contributed by atoms with Crippen LogP contribution in [0.4, 0.5) is 8.78 Å². The number of nitrogens with zero attached hydrogens (tertiary/aromatic N) is 1. The lowest BCUT2D eigenvalue weighted by Gasteiger charge is -2.48. The fraction of sp³-hybridized carbons (Fsp3) is 0.400. The Hall–Kier alpha value is -1.69. The summed E-state index contributed by atoms with van der Waals surface area (Å²) in [5.74, 6) is -1.55. The van der Waals surface area contributed by atoms with E-state index in [1.54, 1.807) is 24.3 Å². The van der Waals surface area contributed by atoms with Crippen LogP contribution in [0.1, 0.15) is 28.2 Å². The van der Waals surface area contributed by atoms with Gasteiger partial charge >= 0.3 is 5.97 Å². The highest BCUT2D eigenvalue weighted by Crippen LogP contribution is 2.54. The predicted molar refractivity (Wildman–Crippen MR) is 123 cm³/mol. The lowest BCUT2D eigenvalue weighted by Crippen LogP contribution is -3.00. The molecule has 3 saturated heterocycles. The second-order valence-electron chi connectivity index (χ2n) is 9.60. The number of halogens is 3. The molecule has 0 aliphatic carbocycles. The summed E-state index contributed by atoms with van der Waals surface area (Å²) in [6, 6.07) is 10.6. The second-order valence-corrected chi connectivity index (χ2v) is 11.5. The van der Waals surface area contributed by atoms with E-state index in [4.69, 9.17) is 9.47 Å². The number of hydrogen-bond acceptors (Lipinski definition) is 6. The molecule has 4 unspecified atom stereocenters. The average molecular weight is 585 g/mol. The molecular formula is C25H24BrF2NO4S2. The van der Waals surface area contributed by atoms with Crippen LogP contribution in [0.5, 0.6) is 0 Å². The highest BCUT2D eigenvalue weighted by molar-refractivity contribution is 7.12. The number of rotatable bonds is 6. The normalized spacial score (nSPS) is 30.9. The van der Waals surface area contributed by atoms with E-state index < -0.39 is 23.2 Å². The number of ether oxygens (including phenoxy) is 2. The lowest BCUT2D eigenvalue weighted by molar-refractivity contribution is -0.968. The maximum absolute atomic E-state index is 14.4. The van der Waals surface area contributed by atoms with Crippen LogP contribution in [-0.4, -0.2) is 53.0 Å². The summed E-state index contributed by atoms with van der Waals surface area (Å²) >= 11 is 2.62. The first-order chi connectivity index (χ1) is 16.3. The zero-order chi connectivity index (χ0) is 23.7. The molecule has 0 amide bonds. The third kappa shape index (κ3) is 3.98. The Bertz CT molecular complexity index is 1170. The number of likely N-dealkylation sites (N-methyl/N-ethyl adjacent to an activating group) is 1. The van der Waals surface area contributed by atoms with Crippen molar-refractivity contribution in [2.75, 3.05) is 7.05 Å². The number of fused-ring (bicyclic) bond motifs is 5. The van der Waals surface area contributed by atoms with Crippen molar-refractivity contribution in [3.05, 3.63) is 80.2 Å². The molecule has 0 radical (unpaired) electrons. The van der Waals surface area contributed by atoms with Gasteiger partial charge in [-0.2, -0.15) is 0 Å². The van der Waals surface area contributed by atoms with E-state index >= 15 is 0 Å². The summed E-state index contributed by atoms with van der Waals surface area (Å²) in [7, 11) is 2.06. The summed E-state index contributed by atoms with van der Waals surface area (Å²) in [6.07, 6.45) is 0.769. The van der Waals surface area contributed by atoms with E-state index in [1.807, 2.05) is 10.8 Å². The largest absolute Gasteiger partial charge is 1.00 e. The van der Waals surface area contributed by atoms with Crippen LogP contribution in [0.15, 0.2) is 53.2 Å². The van der Waals surface area contributed by atoms with Crippen LogP contribution in [0.25, 0.3) is 0 Å². The number of carbonyl (C=O) groups excluding carboxylic acids is 1. The number of epoxide rings is 1. The van der Waals surface area contributed by atoms with Crippen LogP contribution in [0.3, 0.4) is 0 Å². The van der Waals surface area contributed by atoms with E-state index in [0.29, 0.717) is 39.2 Å². The highest BCUT2D eigenvalue weighted by Gasteiger charge is 2.72. The van der Waals surface area contributed by atoms with Crippen molar-refractivity contribution in [1.82, 2.24) is 0 Å². The van der Waals surface area contributed by atoms with E-state index in [0.717, 1.165) is 6.07 Å². The van der Waals surface area contributed by atoms with Gasteiger partial charge in [0.05, 0.1) is 16.8 Å². The fourth-order valence-electron chi connectivity index (χ4n) is 5.95. The third-order valence-corrected chi connectivity index (χ3v) is 9.64. The van der Waals surface area contributed by atoms with Gasteiger partial charge in [0.2, 0.25) is 5.60 Å². The van der Waals surface area contributed by atoms with Gasteiger partial charge in [0, 0.05) is 18.4 Å². The van der Waals surface area contributed by atoms with Crippen molar-refractivity contribution in [2.45, 2.75) is 55.4 Å². The molecule has 3 aromatic rings. The first-order valence-electron chi connectivity index (χ1n) is 11.3. The van der Waals surface area contributed by atoms with Crippen molar-refractivity contribution in [3.63, 3.8) is 0 Å². The SMILES string of the molecule is C[N+]1(Cc2cc(F)ccc2F)C2CC(OC(=O)C(O)(c3cccs3)c3cccs3)CC1C1OC12.[Br-]. The Morgan fingerprint density at radius 2 is 1.71 bits per heavy atom. The number of esters is 1. The number of thiophene rings is 2. The molecule has 35 heavy (non-hydrogen) atoms. The molecule has 3 fully saturated rings. The number of piperidine rings is 1. The monoisotopic (exact) mass is 583 g/mol. The van der Waals surface area contributed by atoms with Gasteiger partial charge < -0.3 is 36.0 Å². The Balaban J connectivity index is 0.00000253. The summed E-state index contributed by atoms with van der Waals surface area (Å²) in [5.41, 5.74) is -1.50. The smallest absolute Gasteiger partial charge is 0.349 e. The van der Waals surface area contributed by atoms with Crippen molar-refractivity contribution in [3.8, 4) is 0 Å². The number of quaternary nitrogens is 1. The molecule has 1 aromatic carbocycles. The molecule has 3 aliphatic heterocycles. The Kier molecular flexibility index (Phi) is 6.43. The minimum absolute atomic E-state index is 0. The molecule has 0 spiro atoms. The molecule has 2 bridgehead atoms. The zero-order valence-corrected chi connectivity index (χ0v) is 22.0. The molecule has 2 aromatic heterocycles. The van der Waals surface area contributed by atoms with Crippen LogP contribution in [-0.2, 0) is 26.4 Å². The summed E-state index contributed by atoms with van der Waals surface area (Å²) in [4.78, 5) is 14.4. The fourth-order valence-corrected chi connectivity index (χ4v) is 7.66.